The molecule has 0 heterocycles. The van der Waals surface area contributed by atoms with E-state index in [-0.39, 0.29) is 13.0 Å². The zero-order valence-electron chi connectivity index (χ0n) is 9.17. The standard InChI is InChI=1S/C12H10F4O2/c13-11(14)12(15,16)18-10-6-3-5-9(8-10)4-1-2-7-17/h3,5-6,8,11,17H,2,7H2. The first-order valence-corrected chi connectivity index (χ1v) is 5.00. The number of benzene rings is 1. The van der Waals surface area contributed by atoms with Crippen LogP contribution in [0.15, 0.2) is 24.3 Å². The molecule has 1 rings (SSSR count). The van der Waals surface area contributed by atoms with Crippen LogP contribution in [0.25, 0.3) is 0 Å². The van der Waals surface area contributed by atoms with E-state index in [0.29, 0.717) is 5.56 Å². The van der Waals surface area contributed by atoms with Crippen LogP contribution >= 0.6 is 0 Å². The molecule has 0 bridgehead atoms. The number of halogens is 4. The molecule has 1 N–H and O–H groups in total. The van der Waals surface area contributed by atoms with Crippen molar-refractivity contribution in [2.24, 2.45) is 0 Å². The third-order valence-corrected chi connectivity index (χ3v) is 1.81. The Hall–Kier alpha value is -1.74. The molecule has 0 aliphatic heterocycles. The molecular weight excluding hydrogens is 252 g/mol. The van der Waals surface area contributed by atoms with Crippen molar-refractivity contribution in [2.75, 3.05) is 6.61 Å². The van der Waals surface area contributed by atoms with E-state index in [2.05, 4.69) is 16.6 Å². The molecular formula is C12H10F4O2. The second-order valence-corrected chi connectivity index (χ2v) is 3.27. The Labute approximate surface area is 101 Å². The SMILES string of the molecule is OCCC#Cc1cccc(OC(F)(F)C(F)F)c1. The first-order chi connectivity index (χ1) is 8.45. The third-order valence-electron chi connectivity index (χ3n) is 1.81. The smallest absolute Gasteiger partial charge is 0.428 e. The number of hydrogen-bond donors (Lipinski definition) is 1. The predicted octanol–water partition coefficient (Wildman–Crippen LogP) is 2.66. The van der Waals surface area contributed by atoms with Gasteiger partial charge in [-0.1, -0.05) is 17.9 Å². The molecule has 0 atom stereocenters. The quantitative estimate of drug-likeness (QED) is 0.667. The Morgan fingerprint density at radius 2 is 2.06 bits per heavy atom. The van der Waals surface area contributed by atoms with Gasteiger partial charge in [0.25, 0.3) is 0 Å². The highest BCUT2D eigenvalue weighted by Crippen LogP contribution is 2.27. The van der Waals surface area contributed by atoms with Gasteiger partial charge in [0.1, 0.15) is 5.75 Å². The van der Waals surface area contributed by atoms with Crippen LogP contribution in [0.4, 0.5) is 17.6 Å². The van der Waals surface area contributed by atoms with Gasteiger partial charge in [0.15, 0.2) is 0 Å². The molecule has 0 radical (unpaired) electrons. The van der Waals surface area contributed by atoms with Gasteiger partial charge < -0.3 is 9.84 Å². The number of aliphatic hydroxyl groups is 1. The maximum absolute atomic E-state index is 12.6. The van der Waals surface area contributed by atoms with E-state index in [1.807, 2.05) is 0 Å². The van der Waals surface area contributed by atoms with E-state index < -0.39 is 18.3 Å². The van der Waals surface area contributed by atoms with Crippen molar-refractivity contribution in [3.8, 4) is 17.6 Å². The summed E-state index contributed by atoms with van der Waals surface area (Å²) >= 11 is 0. The monoisotopic (exact) mass is 262 g/mol. The van der Waals surface area contributed by atoms with E-state index in [4.69, 9.17) is 5.11 Å². The highest BCUT2D eigenvalue weighted by molar-refractivity contribution is 5.39. The van der Waals surface area contributed by atoms with Gasteiger partial charge in [-0.15, -0.1) is 0 Å². The Morgan fingerprint density at radius 3 is 2.67 bits per heavy atom. The molecule has 2 nitrogen and oxygen atoms in total. The zero-order chi connectivity index (χ0) is 13.6. The summed E-state index contributed by atoms with van der Waals surface area (Å²) < 4.78 is 53.0. The largest absolute Gasteiger partial charge is 0.461 e. The minimum Gasteiger partial charge on any atom is -0.428 e. The minimum absolute atomic E-state index is 0.118. The number of hydrogen-bond acceptors (Lipinski definition) is 2. The van der Waals surface area contributed by atoms with Gasteiger partial charge in [0.05, 0.1) is 6.61 Å². The first kappa shape index (κ1) is 14.3. The molecule has 1 aromatic carbocycles. The highest BCUT2D eigenvalue weighted by atomic mass is 19.3. The van der Waals surface area contributed by atoms with E-state index in [1.54, 1.807) is 0 Å². The van der Waals surface area contributed by atoms with Crippen LogP contribution in [0, 0.1) is 11.8 Å². The average Bonchev–Trinajstić information content (AvgIpc) is 2.29. The summed E-state index contributed by atoms with van der Waals surface area (Å²) in [6.45, 7) is -0.118. The lowest BCUT2D eigenvalue weighted by atomic mass is 10.2. The molecule has 0 spiro atoms. The van der Waals surface area contributed by atoms with Gasteiger partial charge in [0.2, 0.25) is 0 Å². The molecule has 18 heavy (non-hydrogen) atoms. The summed E-state index contributed by atoms with van der Waals surface area (Å²) in [6, 6.07) is 5.13. The molecule has 1 aromatic rings. The summed E-state index contributed by atoms with van der Waals surface area (Å²) in [7, 11) is 0. The van der Waals surface area contributed by atoms with Crippen molar-refractivity contribution >= 4 is 0 Å². The summed E-state index contributed by atoms with van der Waals surface area (Å²) in [4.78, 5) is 0. The van der Waals surface area contributed by atoms with Crippen molar-refractivity contribution in [2.45, 2.75) is 19.0 Å². The summed E-state index contributed by atoms with van der Waals surface area (Å²) in [5.41, 5.74) is 0.339. The van der Waals surface area contributed by atoms with Crippen molar-refractivity contribution in [3.63, 3.8) is 0 Å². The molecule has 0 aliphatic rings. The fourth-order valence-electron chi connectivity index (χ4n) is 1.06. The van der Waals surface area contributed by atoms with E-state index in [0.717, 1.165) is 12.1 Å². The lowest BCUT2D eigenvalue weighted by Gasteiger charge is -2.16. The van der Waals surface area contributed by atoms with Gasteiger partial charge in [0, 0.05) is 12.0 Å². The normalized spacial score (nSPS) is 11.0. The topological polar surface area (TPSA) is 29.5 Å². The number of alkyl halides is 4. The Balaban J connectivity index is 2.81. The first-order valence-electron chi connectivity index (χ1n) is 5.00. The fourth-order valence-corrected chi connectivity index (χ4v) is 1.06. The molecule has 0 amide bonds. The molecule has 0 fully saturated rings. The van der Waals surface area contributed by atoms with Gasteiger partial charge in [-0.25, -0.2) is 0 Å². The van der Waals surface area contributed by atoms with E-state index in [9.17, 15) is 17.6 Å². The van der Waals surface area contributed by atoms with Crippen LogP contribution in [0.2, 0.25) is 0 Å². The molecule has 6 heteroatoms. The number of rotatable bonds is 4. The van der Waals surface area contributed by atoms with Crippen molar-refractivity contribution < 1.29 is 27.4 Å². The minimum atomic E-state index is -4.53. The van der Waals surface area contributed by atoms with Crippen molar-refractivity contribution in [1.82, 2.24) is 0 Å². The zero-order valence-corrected chi connectivity index (χ0v) is 9.17. The second-order valence-electron chi connectivity index (χ2n) is 3.27. The Bertz CT molecular complexity index is 449. The fraction of sp³-hybridized carbons (Fsp3) is 0.333. The van der Waals surface area contributed by atoms with Crippen molar-refractivity contribution in [3.05, 3.63) is 29.8 Å². The van der Waals surface area contributed by atoms with Gasteiger partial charge in [-0.05, 0) is 18.2 Å². The Morgan fingerprint density at radius 1 is 1.33 bits per heavy atom. The highest BCUT2D eigenvalue weighted by Gasteiger charge is 2.43. The molecule has 98 valence electrons. The maximum atomic E-state index is 12.6. The summed E-state index contributed by atoms with van der Waals surface area (Å²) in [6.07, 6.45) is -8.20. The molecule has 0 aromatic heterocycles. The van der Waals surface area contributed by atoms with Gasteiger partial charge in [-0.2, -0.15) is 17.6 Å². The van der Waals surface area contributed by atoms with Crippen LogP contribution in [-0.2, 0) is 0 Å². The molecule has 0 aliphatic carbocycles. The second kappa shape index (κ2) is 6.26. The van der Waals surface area contributed by atoms with Crippen LogP contribution < -0.4 is 4.74 Å². The van der Waals surface area contributed by atoms with Crippen LogP contribution in [-0.4, -0.2) is 24.2 Å². The maximum Gasteiger partial charge on any atom is 0.461 e. The number of ether oxygens (including phenoxy) is 1. The van der Waals surface area contributed by atoms with E-state index >= 15 is 0 Å². The molecule has 0 saturated heterocycles. The van der Waals surface area contributed by atoms with Gasteiger partial charge >= 0.3 is 12.5 Å². The molecule has 0 saturated carbocycles. The van der Waals surface area contributed by atoms with Crippen LogP contribution in [0.5, 0.6) is 5.75 Å². The summed E-state index contributed by atoms with van der Waals surface area (Å²) in [5.74, 6) is 4.76. The van der Waals surface area contributed by atoms with Crippen molar-refractivity contribution in [1.29, 1.82) is 0 Å². The lowest BCUT2D eigenvalue weighted by molar-refractivity contribution is -0.253. The van der Waals surface area contributed by atoms with Gasteiger partial charge in [-0.3, -0.25) is 0 Å². The number of aliphatic hydroxyl groups excluding tert-OH is 1. The summed E-state index contributed by atoms with van der Waals surface area (Å²) in [5, 5.41) is 8.50. The van der Waals surface area contributed by atoms with Crippen LogP contribution in [0.3, 0.4) is 0 Å². The average molecular weight is 262 g/mol. The Kier molecular flexibility index (Phi) is 4.98. The van der Waals surface area contributed by atoms with E-state index in [1.165, 1.54) is 12.1 Å². The predicted molar refractivity (Wildman–Crippen MR) is 56.6 cm³/mol. The third kappa shape index (κ3) is 4.26. The van der Waals surface area contributed by atoms with Crippen LogP contribution in [0.1, 0.15) is 12.0 Å². The molecule has 0 unspecified atom stereocenters. The lowest BCUT2D eigenvalue weighted by Crippen LogP contribution is -2.33.